The van der Waals surface area contributed by atoms with Gasteiger partial charge in [0.1, 0.15) is 0 Å². The van der Waals surface area contributed by atoms with Crippen LogP contribution in [0.3, 0.4) is 0 Å². The van der Waals surface area contributed by atoms with Gasteiger partial charge in [-0.25, -0.2) is 0 Å². The van der Waals surface area contributed by atoms with Crippen molar-refractivity contribution in [2.75, 3.05) is 26.7 Å². The Hall–Kier alpha value is -0.420. The van der Waals surface area contributed by atoms with Crippen LogP contribution < -0.4 is 5.32 Å². The Balaban J connectivity index is 1.85. The van der Waals surface area contributed by atoms with Crippen LogP contribution in [0, 0.1) is 0 Å². The summed E-state index contributed by atoms with van der Waals surface area (Å²) in [5.74, 6) is 0. The van der Waals surface area contributed by atoms with Crippen molar-refractivity contribution in [3.63, 3.8) is 0 Å². The molecule has 1 aliphatic heterocycles. The third-order valence-corrected chi connectivity index (χ3v) is 5.29. The molecule has 0 bridgehead atoms. The van der Waals surface area contributed by atoms with E-state index in [1.54, 1.807) is 0 Å². The fraction of sp³-hybridized carbons (Fsp3) is 0.765. The van der Waals surface area contributed by atoms with Gasteiger partial charge in [0.15, 0.2) is 0 Å². The molecular formula is C17H31N3S. The summed E-state index contributed by atoms with van der Waals surface area (Å²) in [6.45, 7) is 14.7. The van der Waals surface area contributed by atoms with E-state index >= 15 is 0 Å². The standard InChI is InChI=1S/C17H31N3S/c1-6-14-12-20(10-9-19(14)5)13-16-8-7-15(21-16)11-18-17(2,3)4/h7-8,14,18H,6,9-13H2,1-5H3. The molecule has 1 aliphatic rings. The highest BCUT2D eigenvalue weighted by Crippen LogP contribution is 2.21. The van der Waals surface area contributed by atoms with E-state index in [1.807, 2.05) is 11.3 Å². The van der Waals surface area contributed by atoms with Gasteiger partial charge in [0.25, 0.3) is 0 Å². The number of hydrogen-bond donors (Lipinski definition) is 1. The molecular weight excluding hydrogens is 278 g/mol. The first kappa shape index (κ1) is 16.9. The van der Waals surface area contributed by atoms with Crippen molar-refractivity contribution in [1.29, 1.82) is 0 Å². The summed E-state index contributed by atoms with van der Waals surface area (Å²) in [6, 6.07) is 5.32. The van der Waals surface area contributed by atoms with E-state index in [9.17, 15) is 0 Å². The van der Waals surface area contributed by atoms with Crippen LogP contribution >= 0.6 is 11.3 Å². The summed E-state index contributed by atoms with van der Waals surface area (Å²) in [5.41, 5.74) is 0.190. The van der Waals surface area contributed by atoms with Crippen molar-refractivity contribution >= 4 is 11.3 Å². The zero-order chi connectivity index (χ0) is 15.5. The number of nitrogens with zero attached hydrogens (tertiary/aromatic N) is 2. The maximum atomic E-state index is 3.57. The molecule has 1 saturated heterocycles. The van der Waals surface area contributed by atoms with E-state index in [1.165, 1.54) is 35.8 Å². The number of rotatable bonds is 5. The second-order valence-electron chi connectivity index (χ2n) is 7.25. The minimum atomic E-state index is 0.190. The summed E-state index contributed by atoms with van der Waals surface area (Å²) >= 11 is 1.96. The Morgan fingerprint density at radius 1 is 1.24 bits per heavy atom. The second-order valence-corrected chi connectivity index (χ2v) is 8.50. The maximum absolute atomic E-state index is 3.57. The Kier molecular flexibility index (Phi) is 5.83. The average molecular weight is 310 g/mol. The lowest BCUT2D eigenvalue weighted by Crippen LogP contribution is -2.50. The normalized spacial score (nSPS) is 21.9. The topological polar surface area (TPSA) is 18.5 Å². The van der Waals surface area contributed by atoms with Crippen molar-refractivity contribution in [2.24, 2.45) is 0 Å². The molecule has 3 nitrogen and oxygen atoms in total. The van der Waals surface area contributed by atoms with E-state index in [2.05, 4.69) is 62.0 Å². The molecule has 0 spiro atoms. The highest BCUT2D eigenvalue weighted by atomic mass is 32.1. The third kappa shape index (κ3) is 5.37. The van der Waals surface area contributed by atoms with Gasteiger partial charge in [-0.15, -0.1) is 11.3 Å². The monoisotopic (exact) mass is 309 g/mol. The van der Waals surface area contributed by atoms with Gasteiger partial charge in [-0.1, -0.05) is 6.92 Å². The van der Waals surface area contributed by atoms with E-state index in [0.29, 0.717) is 0 Å². The minimum Gasteiger partial charge on any atom is -0.307 e. The van der Waals surface area contributed by atoms with Crippen LogP contribution in [0.15, 0.2) is 12.1 Å². The quantitative estimate of drug-likeness (QED) is 0.901. The minimum absolute atomic E-state index is 0.190. The lowest BCUT2D eigenvalue weighted by Gasteiger charge is -2.38. The van der Waals surface area contributed by atoms with Gasteiger partial charge in [-0.05, 0) is 46.4 Å². The van der Waals surface area contributed by atoms with Gasteiger partial charge in [-0.3, -0.25) is 4.90 Å². The van der Waals surface area contributed by atoms with Crippen molar-refractivity contribution in [3.05, 3.63) is 21.9 Å². The molecule has 0 radical (unpaired) electrons. The number of thiophene rings is 1. The number of likely N-dealkylation sites (N-methyl/N-ethyl adjacent to an activating group) is 1. The molecule has 1 atom stereocenters. The molecule has 21 heavy (non-hydrogen) atoms. The summed E-state index contributed by atoms with van der Waals surface area (Å²) in [7, 11) is 2.26. The van der Waals surface area contributed by atoms with Crippen LogP contribution in [0.1, 0.15) is 43.9 Å². The van der Waals surface area contributed by atoms with Gasteiger partial charge in [0, 0.05) is 54.1 Å². The molecule has 4 heteroatoms. The van der Waals surface area contributed by atoms with E-state index < -0.39 is 0 Å². The fourth-order valence-electron chi connectivity index (χ4n) is 2.77. The highest BCUT2D eigenvalue weighted by molar-refractivity contribution is 7.11. The van der Waals surface area contributed by atoms with Gasteiger partial charge in [-0.2, -0.15) is 0 Å². The molecule has 1 aromatic rings. The SMILES string of the molecule is CCC1CN(Cc2ccc(CNC(C)(C)C)s2)CCN1C. The summed E-state index contributed by atoms with van der Waals surface area (Å²) < 4.78 is 0. The maximum Gasteiger partial charge on any atom is 0.0329 e. The van der Waals surface area contributed by atoms with Crippen molar-refractivity contribution in [3.8, 4) is 0 Å². The first-order chi connectivity index (χ1) is 9.87. The zero-order valence-electron chi connectivity index (χ0n) is 14.3. The second kappa shape index (κ2) is 7.23. The summed E-state index contributed by atoms with van der Waals surface area (Å²) in [5, 5.41) is 3.57. The summed E-state index contributed by atoms with van der Waals surface area (Å²) in [6.07, 6.45) is 1.25. The Morgan fingerprint density at radius 3 is 2.62 bits per heavy atom. The third-order valence-electron chi connectivity index (χ3n) is 4.22. The molecule has 1 aromatic heterocycles. The zero-order valence-corrected chi connectivity index (χ0v) is 15.1. The van der Waals surface area contributed by atoms with Gasteiger partial charge in [0.2, 0.25) is 0 Å². The predicted octanol–water partition coefficient (Wildman–Crippen LogP) is 3.16. The summed E-state index contributed by atoms with van der Waals surface area (Å²) in [4.78, 5) is 8.06. The predicted molar refractivity (Wildman–Crippen MR) is 92.9 cm³/mol. The van der Waals surface area contributed by atoms with Crippen LogP contribution in [0.5, 0.6) is 0 Å². The molecule has 1 fully saturated rings. The lowest BCUT2D eigenvalue weighted by molar-refractivity contribution is 0.0891. The largest absolute Gasteiger partial charge is 0.307 e. The number of hydrogen-bond acceptors (Lipinski definition) is 4. The lowest BCUT2D eigenvalue weighted by atomic mass is 10.1. The number of piperazine rings is 1. The Labute approximate surface area is 134 Å². The Morgan fingerprint density at radius 2 is 1.95 bits per heavy atom. The molecule has 0 amide bonds. The molecule has 0 saturated carbocycles. The van der Waals surface area contributed by atoms with Gasteiger partial charge in [0.05, 0.1) is 0 Å². The molecule has 2 heterocycles. The van der Waals surface area contributed by atoms with Crippen molar-refractivity contribution in [2.45, 2.75) is 58.8 Å². The fourth-order valence-corrected chi connectivity index (χ4v) is 3.77. The van der Waals surface area contributed by atoms with Crippen LogP contribution in [-0.4, -0.2) is 48.1 Å². The molecule has 0 aliphatic carbocycles. The van der Waals surface area contributed by atoms with E-state index in [4.69, 9.17) is 0 Å². The first-order valence-corrected chi connectivity index (χ1v) is 8.94. The molecule has 120 valence electrons. The highest BCUT2D eigenvalue weighted by Gasteiger charge is 2.23. The van der Waals surface area contributed by atoms with E-state index in [-0.39, 0.29) is 5.54 Å². The molecule has 0 aromatic carbocycles. The Bertz CT molecular complexity index is 435. The van der Waals surface area contributed by atoms with E-state index in [0.717, 1.165) is 19.1 Å². The average Bonchev–Trinajstić information content (AvgIpc) is 2.85. The van der Waals surface area contributed by atoms with Crippen LogP contribution in [0.2, 0.25) is 0 Å². The smallest absolute Gasteiger partial charge is 0.0329 e. The molecule has 1 unspecified atom stereocenters. The van der Waals surface area contributed by atoms with Crippen LogP contribution in [-0.2, 0) is 13.1 Å². The van der Waals surface area contributed by atoms with Crippen molar-refractivity contribution < 1.29 is 0 Å². The van der Waals surface area contributed by atoms with Crippen LogP contribution in [0.4, 0.5) is 0 Å². The van der Waals surface area contributed by atoms with Crippen molar-refractivity contribution in [1.82, 2.24) is 15.1 Å². The molecule has 2 rings (SSSR count). The van der Waals surface area contributed by atoms with Gasteiger partial charge >= 0.3 is 0 Å². The number of nitrogens with one attached hydrogen (secondary N) is 1. The molecule has 1 N–H and O–H groups in total. The van der Waals surface area contributed by atoms with Crippen LogP contribution in [0.25, 0.3) is 0 Å². The first-order valence-electron chi connectivity index (χ1n) is 8.12. The van der Waals surface area contributed by atoms with Gasteiger partial charge < -0.3 is 10.2 Å².